The van der Waals surface area contributed by atoms with E-state index in [9.17, 15) is 14.4 Å². The van der Waals surface area contributed by atoms with Crippen molar-refractivity contribution in [3.8, 4) is 0 Å². The number of hydrogen-bond donors (Lipinski definition) is 0. The number of esters is 3. The Bertz CT molecular complexity index is 1630. The van der Waals surface area contributed by atoms with Crippen molar-refractivity contribution in [2.75, 3.05) is 13.2 Å². The second kappa shape index (κ2) is 51.1. The minimum atomic E-state index is -0.837. The van der Waals surface area contributed by atoms with E-state index in [-0.39, 0.29) is 50.4 Å². The Morgan fingerprint density at radius 3 is 0.877 bits per heavy atom. The first-order valence-electron chi connectivity index (χ1n) is 24.5. The van der Waals surface area contributed by atoms with E-state index in [0.717, 1.165) is 96.3 Å². The van der Waals surface area contributed by atoms with E-state index >= 15 is 0 Å². The van der Waals surface area contributed by atoms with Crippen molar-refractivity contribution in [3.63, 3.8) is 0 Å². The molecule has 0 aromatic heterocycles. The molecule has 6 nitrogen and oxygen atoms in total. The predicted molar refractivity (Wildman–Crippen MR) is 278 cm³/mol. The van der Waals surface area contributed by atoms with Crippen LogP contribution in [0.4, 0.5) is 0 Å². The van der Waals surface area contributed by atoms with Gasteiger partial charge in [0.25, 0.3) is 0 Å². The quantitative estimate of drug-likeness (QED) is 0.0264. The van der Waals surface area contributed by atoms with E-state index < -0.39 is 6.10 Å². The number of ether oxygens (including phenoxy) is 3. The molecule has 0 saturated heterocycles. The summed E-state index contributed by atoms with van der Waals surface area (Å²) in [4.78, 5) is 37.9. The van der Waals surface area contributed by atoms with Crippen molar-refractivity contribution >= 4 is 17.9 Å². The fraction of sp³-hybridized carbons (Fsp3) is 0.441. The number of rotatable bonds is 40. The highest BCUT2D eigenvalue weighted by Gasteiger charge is 2.19. The summed E-state index contributed by atoms with van der Waals surface area (Å²) in [6.07, 6.45) is 77.2. The van der Waals surface area contributed by atoms with Gasteiger partial charge in [0.05, 0.1) is 0 Å². The summed E-state index contributed by atoms with van der Waals surface area (Å²) in [6.45, 7) is 6.07. The van der Waals surface area contributed by atoms with Crippen molar-refractivity contribution in [3.05, 3.63) is 182 Å². The molecule has 0 saturated carbocycles. The number of hydrogen-bond acceptors (Lipinski definition) is 6. The average molecular weight is 889 g/mol. The smallest absolute Gasteiger partial charge is 0.306 e. The van der Waals surface area contributed by atoms with Crippen molar-refractivity contribution in [1.82, 2.24) is 0 Å². The second-order valence-corrected chi connectivity index (χ2v) is 15.2. The first kappa shape index (κ1) is 59.5. The molecule has 0 aliphatic carbocycles. The van der Waals surface area contributed by atoms with E-state index in [1.807, 2.05) is 134 Å². The van der Waals surface area contributed by atoms with E-state index in [0.29, 0.717) is 12.8 Å². The summed E-state index contributed by atoms with van der Waals surface area (Å²) in [6, 6.07) is 0. The van der Waals surface area contributed by atoms with Gasteiger partial charge in [-0.05, 0) is 77.0 Å². The zero-order chi connectivity index (χ0) is 47.2. The molecular formula is C59H84O6. The summed E-state index contributed by atoms with van der Waals surface area (Å²) < 4.78 is 16.7. The van der Waals surface area contributed by atoms with Crippen LogP contribution in [0.15, 0.2) is 182 Å². The van der Waals surface area contributed by atoms with Gasteiger partial charge in [0.15, 0.2) is 6.10 Å². The van der Waals surface area contributed by atoms with Crippen molar-refractivity contribution in [1.29, 1.82) is 0 Å². The van der Waals surface area contributed by atoms with Crippen LogP contribution in [0, 0.1) is 0 Å². The summed E-state index contributed by atoms with van der Waals surface area (Å²) in [5, 5.41) is 0. The Morgan fingerprint density at radius 1 is 0.308 bits per heavy atom. The molecule has 0 heterocycles. The molecule has 0 spiro atoms. The highest BCUT2D eigenvalue weighted by molar-refractivity contribution is 5.71. The van der Waals surface area contributed by atoms with E-state index in [1.165, 1.54) is 0 Å². The maximum Gasteiger partial charge on any atom is 0.306 e. The van der Waals surface area contributed by atoms with Crippen molar-refractivity contribution < 1.29 is 28.6 Å². The molecule has 0 fully saturated rings. The molecule has 0 aromatic carbocycles. The number of allylic oxidation sites excluding steroid dienone is 30. The zero-order valence-electron chi connectivity index (χ0n) is 40.4. The maximum absolute atomic E-state index is 12.8. The molecule has 0 radical (unpaired) electrons. The summed E-state index contributed by atoms with van der Waals surface area (Å²) in [5.74, 6) is -1.06. The third kappa shape index (κ3) is 49.4. The SMILES string of the molecule is CC\C=C/C=C\C=C/C=C\C=C\C=C/C=C\CCCCCC(=O)OCC(COC(=O)CCCCC\C=C/C=C\C=C/C=C\CC)OC(=O)CCCCCCC\C=C/C=C\C=C/C=C\CC. The molecule has 6 heteroatoms. The number of unbranched alkanes of at least 4 members (excludes halogenated alkanes) is 11. The molecule has 65 heavy (non-hydrogen) atoms. The molecule has 0 aliphatic heterocycles. The van der Waals surface area contributed by atoms with Gasteiger partial charge in [0.1, 0.15) is 13.2 Å². The predicted octanol–water partition coefficient (Wildman–Crippen LogP) is 16.2. The van der Waals surface area contributed by atoms with E-state index in [1.54, 1.807) is 0 Å². The van der Waals surface area contributed by atoms with E-state index in [2.05, 4.69) is 69.4 Å². The third-order valence-corrected chi connectivity index (χ3v) is 9.27. The molecular weight excluding hydrogens is 805 g/mol. The maximum atomic E-state index is 12.8. The minimum Gasteiger partial charge on any atom is -0.462 e. The van der Waals surface area contributed by atoms with Gasteiger partial charge in [-0.3, -0.25) is 14.4 Å². The lowest BCUT2D eigenvalue weighted by Gasteiger charge is -2.18. The van der Waals surface area contributed by atoms with Crippen LogP contribution in [0.1, 0.15) is 149 Å². The van der Waals surface area contributed by atoms with Gasteiger partial charge < -0.3 is 14.2 Å². The van der Waals surface area contributed by atoms with Crippen molar-refractivity contribution in [2.24, 2.45) is 0 Å². The first-order valence-corrected chi connectivity index (χ1v) is 24.5. The van der Waals surface area contributed by atoms with Crippen LogP contribution in [0.3, 0.4) is 0 Å². The van der Waals surface area contributed by atoms with Gasteiger partial charge in [-0.25, -0.2) is 0 Å². The van der Waals surface area contributed by atoms with Crippen LogP contribution in [-0.4, -0.2) is 37.2 Å². The Labute approximate surface area is 395 Å². The monoisotopic (exact) mass is 889 g/mol. The van der Waals surface area contributed by atoms with Gasteiger partial charge in [0.2, 0.25) is 0 Å². The molecule has 0 aromatic rings. The average Bonchev–Trinajstić information content (AvgIpc) is 3.30. The minimum absolute atomic E-state index is 0.135. The lowest BCUT2D eigenvalue weighted by atomic mass is 10.1. The first-order chi connectivity index (χ1) is 32.0. The Balaban J connectivity index is 4.64. The van der Waals surface area contributed by atoms with Gasteiger partial charge in [-0.2, -0.15) is 0 Å². The molecule has 0 rings (SSSR count). The van der Waals surface area contributed by atoms with Crippen molar-refractivity contribution in [2.45, 2.75) is 155 Å². The van der Waals surface area contributed by atoms with Crippen LogP contribution in [0.2, 0.25) is 0 Å². The molecule has 0 amide bonds. The largest absolute Gasteiger partial charge is 0.462 e. The van der Waals surface area contributed by atoms with Gasteiger partial charge in [-0.15, -0.1) is 0 Å². The lowest BCUT2D eigenvalue weighted by molar-refractivity contribution is -0.167. The van der Waals surface area contributed by atoms with Gasteiger partial charge in [-0.1, -0.05) is 235 Å². The van der Waals surface area contributed by atoms with Crippen LogP contribution in [-0.2, 0) is 28.6 Å². The lowest BCUT2D eigenvalue weighted by Crippen LogP contribution is -2.30. The number of carbonyl (C=O) groups is 3. The summed E-state index contributed by atoms with van der Waals surface area (Å²) >= 11 is 0. The van der Waals surface area contributed by atoms with E-state index in [4.69, 9.17) is 14.2 Å². The van der Waals surface area contributed by atoms with Crippen LogP contribution < -0.4 is 0 Å². The Morgan fingerprint density at radius 2 is 0.554 bits per heavy atom. The second-order valence-electron chi connectivity index (χ2n) is 15.2. The summed E-state index contributed by atoms with van der Waals surface area (Å²) in [5.41, 5.74) is 0. The molecule has 1 unspecified atom stereocenters. The fourth-order valence-electron chi connectivity index (χ4n) is 5.68. The van der Waals surface area contributed by atoms with Gasteiger partial charge in [0, 0.05) is 19.3 Å². The Hall–Kier alpha value is -5.49. The molecule has 0 N–H and O–H groups in total. The van der Waals surface area contributed by atoms with Crippen LogP contribution >= 0.6 is 0 Å². The normalized spacial score (nSPS) is 13.7. The summed E-state index contributed by atoms with van der Waals surface area (Å²) in [7, 11) is 0. The molecule has 1 atom stereocenters. The molecule has 0 aliphatic rings. The highest BCUT2D eigenvalue weighted by atomic mass is 16.6. The molecule has 0 bridgehead atoms. The highest BCUT2D eigenvalue weighted by Crippen LogP contribution is 2.11. The van der Waals surface area contributed by atoms with Crippen LogP contribution in [0.25, 0.3) is 0 Å². The topological polar surface area (TPSA) is 78.9 Å². The molecule has 356 valence electrons. The number of carbonyl (C=O) groups excluding carboxylic acids is 3. The van der Waals surface area contributed by atoms with Crippen LogP contribution in [0.5, 0.6) is 0 Å². The third-order valence-electron chi connectivity index (χ3n) is 9.27. The van der Waals surface area contributed by atoms with Gasteiger partial charge >= 0.3 is 17.9 Å². The fourth-order valence-corrected chi connectivity index (χ4v) is 5.68. The standard InChI is InChI=1S/C59H84O6/c1-4-7-10-13-16-19-22-25-27-28-29-30-32-34-37-40-43-46-49-52-58(61)64-55-56(54-63-57(60)51-48-45-42-39-36-33-24-21-18-15-12-9-6-3)65-59(62)53-50-47-44-41-38-35-31-26-23-20-17-14-11-8-5-2/h7-34,36-37,56H,4-6,35,38-55H2,1-3H3/b10-7-,11-8-,12-9-,16-13-,17-14-,18-15-,22-19-,23-20-,24-21-,27-25-,29-28+,31-26-,32-30-,36-33-,37-34-. The zero-order valence-corrected chi connectivity index (χ0v) is 40.4. The Kier molecular flexibility index (Phi) is 46.8.